The van der Waals surface area contributed by atoms with Crippen molar-refractivity contribution in [3.05, 3.63) is 56.5 Å². The van der Waals surface area contributed by atoms with Gasteiger partial charge in [-0.3, -0.25) is 0 Å². The number of hydrogen-bond donors (Lipinski definition) is 3. The molecule has 0 bridgehead atoms. The zero-order valence-corrected chi connectivity index (χ0v) is 12.2. The predicted molar refractivity (Wildman–Crippen MR) is 77.4 cm³/mol. The number of dihydropyridines is 1. The Morgan fingerprint density at radius 2 is 1.70 bits per heavy atom. The Morgan fingerprint density at radius 1 is 1.17 bits per heavy atom. The first kappa shape index (κ1) is 16.1. The van der Waals surface area contributed by atoms with Crippen LogP contribution < -0.4 is 5.32 Å². The van der Waals surface area contributed by atoms with Crippen molar-refractivity contribution in [1.29, 1.82) is 0 Å². The number of allylic oxidation sites excluding steroid dienone is 2. The normalized spacial score (nSPS) is 15.4. The lowest BCUT2D eigenvalue weighted by atomic mass is 9.83. The van der Waals surface area contributed by atoms with Crippen LogP contribution >= 0.6 is 0 Å². The van der Waals surface area contributed by atoms with E-state index in [9.17, 15) is 29.9 Å². The summed E-state index contributed by atoms with van der Waals surface area (Å²) in [6.07, 6.45) is 0. The highest BCUT2D eigenvalue weighted by molar-refractivity contribution is 5.98. The Balaban J connectivity index is 2.72. The van der Waals surface area contributed by atoms with Crippen LogP contribution in [0.3, 0.4) is 0 Å². The van der Waals surface area contributed by atoms with Gasteiger partial charge in [0, 0.05) is 17.5 Å². The van der Waals surface area contributed by atoms with Gasteiger partial charge in [0.1, 0.15) is 0 Å². The molecule has 1 aliphatic heterocycles. The lowest BCUT2D eigenvalue weighted by Gasteiger charge is -2.26. The van der Waals surface area contributed by atoms with E-state index in [4.69, 9.17) is 0 Å². The summed E-state index contributed by atoms with van der Waals surface area (Å²) in [7, 11) is 0. The summed E-state index contributed by atoms with van der Waals surface area (Å²) in [6.45, 7) is 2.99. The maximum Gasteiger partial charge on any atom is 0.363 e. The van der Waals surface area contributed by atoms with E-state index in [0.717, 1.165) is 6.07 Å². The minimum Gasteiger partial charge on any atom is -0.478 e. The number of aromatic nitrogens is 1. The minimum absolute atomic E-state index is 0.00537. The van der Waals surface area contributed by atoms with Crippen molar-refractivity contribution in [2.24, 2.45) is 0 Å². The van der Waals surface area contributed by atoms with Gasteiger partial charge in [0.2, 0.25) is 0 Å². The van der Waals surface area contributed by atoms with E-state index in [0.29, 0.717) is 0 Å². The number of rotatable bonds is 4. The molecule has 1 aromatic heterocycles. The SMILES string of the molecule is CC1=C(C(=O)O)C(c2cccc([N+](=O)[O-])n2)C(C(=O)O)=C(C)N1. The average Bonchev–Trinajstić information content (AvgIpc) is 2.45. The maximum atomic E-state index is 11.6. The van der Waals surface area contributed by atoms with E-state index >= 15 is 0 Å². The van der Waals surface area contributed by atoms with Crippen LogP contribution in [0.5, 0.6) is 0 Å². The van der Waals surface area contributed by atoms with Gasteiger partial charge in [-0.25, -0.2) is 9.59 Å². The number of nitro groups is 1. The van der Waals surface area contributed by atoms with Gasteiger partial charge in [-0.05, 0) is 35.9 Å². The summed E-state index contributed by atoms with van der Waals surface area (Å²) in [5, 5.41) is 32.4. The second kappa shape index (κ2) is 5.87. The van der Waals surface area contributed by atoms with Gasteiger partial charge in [0.15, 0.2) is 5.69 Å². The molecule has 120 valence electrons. The average molecular weight is 319 g/mol. The molecule has 0 radical (unpaired) electrons. The Labute approximate surface area is 130 Å². The van der Waals surface area contributed by atoms with E-state index in [1.54, 1.807) is 0 Å². The molecule has 2 heterocycles. The molecule has 0 aliphatic carbocycles. The van der Waals surface area contributed by atoms with E-state index in [2.05, 4.69) is 10.3 Å². The highest BCUT2D eigenvalue weighted by Gasteiger charge is 2.39. The molecule has 0 spiro atoms. The monoisotopic (exact) mass is 319 g/mol. The maximum absolute atomic E-state index is 11.6. The van der Waals surface area contributed by atoms with Crippen molar-refractivity contribution in [3.8, 4) is 0 Å². The van der Waals surface area contributed by atoms with Crippen molar-refractivity contribution < 1.29 is 24.7 Å². The Bertz CT molecular complexity index is 744. The fourth-order valence-corrected chi connectivity index (χ4v) is 2.56. The Kier molecular flexibility index (Phi) is 4.12. The van der Waals surface area contributed by atoms with E-state index in [1.807, 2.05) is 0 Å². The van der Waals surface area contributed by atoms with Gasteiger partial charge in [-0.15, -0.1) is 0 Å². The van der Waals surface area contributed by atoms with Crippen LogP contribution in [0.2, 0.25) is 0 Å². The molecule has 0 saturated carbocycles. The van der Waals surface area contributed by atoms with Crippen LogP contribution in [0.15, 0.2) is 40.7 Å². The zero-order valence-electron chi connectivity index (χ0n) is 12.2. The van der Waals surface area contributed by atoms with Gasteiger partial charge >= 0.3 is 17.8 Å². The molecule has 0 atom stereocenters. The molecule has 9 nitrogen and oxygen atoms in total. The number of carboxylic acids is 2. The summed E-state index contributed by atoms with van der Waals surface area (Å²) >= 11 is 0. The quantitative estimate of drug-likeness (QED) is 0.558. The fourth-order valence-electron chi connectivity index (χ4n) is 2.56. The van der Waals surface area contributed by atoms with E-state index in [1.165, 1.54) is 26.0 Å². The second-order valence-corrected chi connectivity index (χ2v) is 4.92. The largest absolute Gasteiger partial charge is 0.478 e. The third-order valence-electron chi connectivity index (χ3n) is 3.46. The molecule has 0 saturated heterocycles. The summed E-state index contributed by atoms with van der Waals surface area (Å²) in [5.74, 6) is -4.32. The molecule has 0 amide bonds. The molecular formula is C14H13N3O6. The van der Waals surface area contributed by atoms with Crippen LogP contribution in [0.4, 0.5) is 5.82 Å². The first-order chi connectivity index (χ1) is 10.7. The van der Waals surface area contributed by atoms with Crippen molar-refractivity contribution in [2.45, 2.75) is 19.8 Å². The van der Waals surface area contributed by atoms with Crippen molar-refractivity contribution in [2.75, 3.05) is 0 Å². The van der Waals surface area contributed by atoms with Crippen molar-refractivity contribution in [3.63, 3.8) is 0 Å². The van der Waals surface area contributed by atoms with Crippen LogP contribution in [-0.4, -0.2) is 32.1 Å². The first-order valence-electron chi connectivity index (χ1n) is 6.50. The molecule has 2 rings (SSSR count). The predicted octanol–water partition coefficient (Wildman–Crippen LogP) is 1.39. The molecule has 0 aromatic carbocycles. The molecule has 3 N–H and O–H groups in total. The summed E-state index contributed by atoms with van der Waals surface area (Å²) < 4.78 is 0. The van der Waals surface area contributed by atoms with Crippen LogP contribution in [0, 0.1) is 10.1 Å². The zero-order chi connectivity index (χ0) is 17.3. The highest BCUT2D eigenvalue weighted by atomic mass is 16.6. The minimum atomic E-state index is -1.32. The highest BCUT2D eigenvalue weighted by Crippen LogP contribution is 2.37. The Hall–Kier alpha value is -3.23. The number of carboxylic acid groups (broad SMARTS) is 2. The van der Waals surface area contributed by atoms with Crippen LogP contribution in [-0.2, 0) is 9.59 Å². The standard InChI is InChI=1S/C14H13N3O6/c1-6-10(13(18)19)12(11(14(20)21)7(2)15-6)8-4-3-5-9(16-8)17(22)23/h3-5,12,15H,1-2H3,(H,18,19)(H,20,21). The third-order valence-corrected chi connectivity index (χ3v) is 3.46. The van der Waals surface area contributed by atoms with Gasteiger partial charge < -0.3 is 25.6 Å². The Morgan fingerprint density at radius 3 is 2.13 bits per heavy atom. The lowest BCUT2D eigenvalue weighted by Crippen LogP contribution is -2.31. The third kappa shape index (κ3) is 2.89. The number of nitrogens with zero attached hydrogens (tertiary/aromatic N) is 2. The summed E-state index contributed by atoms with van der Waals surface area (Å²) in [5.41, 5.74) is 0.104. The van der Waals surface area contributed by atoms with Gasteiger partial charge in [0.25, 0.3) is 0 Å². The first-order valence-corrected chi connectivity index (χ1v) is 6.50. The van der Waals surface area contributed by atoms with Gasteiger partial charge in [-0.2, -0.15) is 0 Å². The molecule has 1 aromatic rings. The van der Waals surface area contributed by atoms with Gasteiger partial charge in [-0.1, -0.05) is 0 Å². The van der Waals surface area contributed by atoms with E-state index in [-0.39, 0.29) is 28.2 Å². The number of hydrogen-bond acceptors (Lipinski definition) is 6. The number of pyridine rings is 1. The topological polar surface area (TPSA) is 143 Å². The smallest absolute Gasteiger partial charge is 0.363 e. The molecule has 0 fully saturated rings. The van der Waals surface area contributed by atoms with E-state index < -0.39 is 28.6 Å². The van der Waals surface area contributed by atoms with Crippen molar-refractivity contribution >= 4 is 17.8 Å². The van der Waals surface area contributed by atoms with Gasteiger partial charge in [0.05, 0.1) is 17.1 Å². The number of aliphatic carboxylic acids is 2. The van der Waals surface area contributed by atoms with Crippen LogP contribution in [0.25, 0.3) is 0 Å². The summed E-state index contributed by atoms with van der Waals surface area (Å²) in [4.78, 5) is 37.1. The molecule has 1 aliphatic rings. The number of carbonyl (C=O) groups is 2. The fraction of sp³-hybridized carbons (Fsp3) is 0.214. The second-order valence-electron chi connectivity index (χ2n) is 4.92. The summed E-state index contributed by atoms with van der Waals surface area (Å²) in [6, 6.07) is 3.86. The molecule has 9 heteroatoms. The van der Waals surface area contributed by atoms with Crippen molar-refractivity contribution in [1.82, 2.24) is 10.3 Å². The molecular weight excluding hydrogens is 306 g/mol. The lowest BCUT2D eigenvalue weighted by molar-refractivity contribution is -0.389. The molecule has 23 heavy (non-hydrogen) atoms. The number of nitrogens with one attached hydrogen (secondary N) is 1. The molecule has 0 unspecified atom stereocenters. The van der Waals surface area contributed by atoms with Crippen LogP contribution in [0.1, 0.15) is 25.5 Å².